The molecule has 29 heavy (non-hydrogen) atoms. The molecular formula is C22H22ClN3O2S. The average Bonchev–Trinajstić information content (AvgIpc) is 2.98. The number of rotatable bonds is 4. The molecule has 2 aromatic carbocycles. The van der Waals surface area contributed by atoms with Gasteiger partial charge in [0.1, 0.15) is 0 Å². The van der Waals surface area contributed by atoms with Crippen LogP contribution in [0, 0.1) is 6.92 Å². The summed E-state index contributed by atoms with van der Waals surface area (Å²) < 4.78 is 0. The molecule has 2 aromatic rings. The molecule has 7 heteroatoms. The molecule has 4 rings (SSSR count). The molecule has 0 atom stereocenters. The molecule has 5 nitrogen and oxygen atoms in total. The number of hydrogen-bond acceptors (Lipinski definition) is 5. The van der Waals surface area contributed by atoms with E-state index in [0.29, 0.717) is 16.6 Å². The smallest absolute Gasteiger partial charge is 0.294 e. The Labute approximate surface area is 179 Å². The highest BCUT2D eigenvalue weighted by Crippen LogP contribution is 2.32. The fourth-order valence-electron chi connectivity index (χ4n) is 3.50. The first kappa shape index (κ1) is 20.0. The zero-order valence-corrected chi connectivity index (χ0v) is 17.7. The molecule has 0 spiro atoms. The highest BCUT2D eigenvalue weighted by molar-refractivity contribution is 8.18. The summed E-state index contributed by atoms with van der Waals surface area (Å²) in [5.74, 6) is -0.226. The van der Waals surface area contributed by atoms with Crippen LogP contribution in [0.15, 0.2) is 53.4 Å². The number of anilines is 1. The lowest BCUT2D eigenvalue weighted by Crippen LogP contribution is -2.50. The fourth-order valence-corrected chi connectivity index (χ4v) is 4.46. The number of halogens is 1. The quantitative estimate of drug-likeness (QED) is 0.674. The van der Waals surface area contributed by atoms with E-state index in [2.05, 4.69) is 41.0 Å². The second-order valence-electron chi connectivity index (χ2n) is 7.25. The maximum atomic E-state index is 12.7. The van der Waals surface area contributed by atoms with Crippen molar-refractivity contribution in [2.24, 2.45) is 0 Å². The van der Waals surface area contributed by atoms with Gasteiger partial charge in [0.05, 0.1) is 11.6 Å². The van der Waals surface area contributed by atoms with Gasteiger partial charge in [-0.3, -0.25) is 19.4 Å². The molecule has 0 aliphatic carbocycles. The molecule has 0 aromatic heterocycles. The second-order valence-corrected chi connectivity index (χ2v) is 8.68. The van der Waals surface area contributed by atoms with Gasteiger partial charge >= 0.3 is 0 Å². The van der Waals surface area contributed by atoms with Crippen LogP contribution in [0.2, 0.25) is 5.02 Å². The highest BCUT2D eigenvalue weighted by atomic mass is 35.5. The minimum Gasteiger partial charge on any atom is -0.369 e. The monoisotopic (exact) mass is 427 g/mol. The second kappa shape index (κ2) is 8.61. The van der Waals surface area contributed by atoms with Gasteiger partial charge in [-0.25, -0.2) is 0 Å². The zero-order chi connectivity index (χ0) is 20.4. The molecule has 2 saturated heterocycles. The maximum absolute atomic E-state index is 12.7. The van der Waals surface area contributed by atoms with Crippen LogP contribution in [0.5, 0.6) is 0 Å². The van der Waals surface area contributed by atoms with E-state index in [0.717, 1.165) is 43.5 Å². The van der Waals surface area contributed by atoms with Crippen LogP contribution >= 0.6 is 23.4 Å². The summed E-state index contributed by atoms with van der Waals surface area (Å²) in [4.78, 5) is 31.4. The van der Waals surface area contributed by atoms with Crippen molar-refractivity contribution in [3.63, 3.8) is 0 Å². The minimum absolute atomic E-state index is 0.212. The zero-order valence-electron chi connectivity index (χ0n) is 16.2. The van der Waals surface area contributed by atoms with E-state index in [-0.39, 0.29) is 11.1 Å². The van der Waals surface area contributed by atoms with Crippen molar-refractivity contribution in [3.8, 4) is 0 Å². The van der Waals surface area contributed by atoms with Crippen LogP contribution in [0.1, 0.15) is 11.1 Å². The molecule has 2 fully saturated rings. The van der Waals surface area contributed by atoms with Gasteiger partial charge in [0.15, 0.2) is 0 Å². The molecule has 0 radical (unpaired) electrons. The highest BCUT2D eigenvalue weighted by Gasteiger charge is 2.36. The molecule has 0 saturated carbocycles. The van der Waals surface area contributed by atoms with Crippen LogP contribution in [0.3, 0.4) is 0 Å². The summed E-state index contributed by atoms with van der Waals surface area (Å²) in [6.45, 7) is 5.81. The van der Waals surface area contributed by atoms with Crippen molar-refractivity contribution in [2.45, 2.75) is 6.92 Å². The Morgan fingerprint density at radius 2 is 1.76 bits per heavy atom. The van der Waals surface area contributed by atoms with Crippen molar-refractivity contribution in [2.75, 3.05) is 37.7 Å². The summed E-state index contributed by atoms with van der Waals surface area (Å²) in [6.07, 6.45) is 1.75. The van der Waals surface area contributed by atoms with Gasteiger partial charge in [-0.15, -0.1) is 0 Å². The van der Waals surface area contributed by atoms with Crippen LogP contribution in [0.4, 0.5) is 10.5 Å². The first-order chi connectivity index (χ1) is 14.0. The molecule has 150 valence electrons. The molecular weight excluding hydrogens is 406 g/mol. The van der Waals surface area contributed by atoms with Crippen LogP contribution < -0.4 is 4.90 Å². The Morgan fingerprint density at radius 3 is 2.45 bits per heavy atom. The Balaban J connectivity index is 1.37. The normalized spacial score (nSPS) is 19.4. The topological polar surface area (TPSA) is 43.9 Å². The standard InChI is InChI=1S/C22H22ClN3O2S/c1-16-3-2-4-19(13-16)25-11-9-24(10-12-25)15-26-21(27)20(29-22(26)28)14-17-5-7-18(23)8-6-17/h2-8,13-14H,9-12,15H2,1H3/b20-14+. The molecule has 0 unspecified atom stereocenters. The fraction of sp³-hybridized carbons (Fsp3) is 0.273. The molecule has 2 aliphatic heterocycles. The van der Waals surface area contributed by atoms with Gasteiger partial charge in [0.25, 0.3) is 11.1 Å². The van der Waals surface area contributed by atoms with E-state index in [4.69, 9.17) is 11.6 Å². The number of amides is 2. The van der Waals surface area contributed by atoms with Gasteiger partial charge in [0, 0.05) is 36.9 Å². The molecule has 0 bridgehead atoms. The van der Waals surface area contributed by atoms with E-state index in [1.165, 1.54) is 16.2 Å². The molecule has 2 aliphatic rings. The molecule has 0 N–H and O–H groups in total. The third-order valence-electron chi connectivity index (χ3n) is 5.12. The van der Waals surface area contributed by atoms with E-state index in [1.807, 2.05) is 12.1 Å². The first-order valence-corrected chi connectivity index (χ1v) is 10.7. The summed E-state index contributed by atoms with van der Waals surface area (Å²) in [5, 5.41) is 0.427. The number of imide groups is 1. The largest absolute Gasteiger partial charge is 0.369 e. The third-order valence-corrected chi connectivity index (χ3v) is 6.28. The Morgan fingerprint density at radius 1 is 1.03 bits per heavy atom. The summed E-state index contributed by atoms with van der Waals surface area (Å²) in [5.41, 5.74) is 3.32. The number of piperazine rings is 1. The Bertz CT molecular complexity index is 953. The van der Waals surface area contributed by atoms with E-state index < -0.39 is 0 Å². The number of thioether (sulfide) groups is 1. The average molecular weight is 428 g/mol. The minimum atomic E-state index is -0.226. The summed E-state index contributed by atoms with van der Waals surface area (Å²) in [6, 6.07) is 15.7. The SMILES string of the molecule is Cc1cccc(N2CCN(CN3C(=O)S/C(=C/c4ccc(Cl)cc4)C3=O)CC2)c1. The Kier molecular flexibility index (Phi) is 5.94. The molecule has 2 heterocycles. The number of aryl methyl sites for hydroxylation is 1. The predicted molar refractivity (Wildman–Crippen MR) is 119 cm³/mol. The van der Waals surface area contributed by atoms with Crippen molar-refractivity contribution in [1.82, 2.24) is 9.80 Å². The lowest BCUT2D eigenvalue weighted by Gasteiger charge is -2.37. The van der Waals surface area contributed by atoms with Crippen molar-refractivity contribution >= 4 is 46.3 Å². The third kappa shape index (κ3) is 4.66. The van der Waals surface area contributed by atoms with Gasteiger partial charge in [-0.1, -0.05) is 35.9 Å². The summed E-state index contributed by atoms with van der Waals surface area (Å²) in [7, 11) is 0. The number of hydrogen-bond donors (Lipinski definition) is 0. The Hall–Kier alpha value is -2.28. The van der Waals surface area contributed by atoms with Gasteiger partial charge in [-0.05, 0) is 60.2 Å². The number of benzene rings is 2. The van der Waals surface area contributed by atoms with E-state index in [1.54, 1.807) is 18.2 Å². The lowest BCUT2D eigenvalue weighted by atomic mass is 10.2. The number of carbonyl (C=O) groups is 2. The lowest BCUT2D eigenvalue weighted by molar-refractivity contribution is -0.124. The van der Waals surface area contributed by atoms with E-state index >= 15 is 0 Å². The van der Waals surface area contributed by atoms with E-state index in [9.17, 15) is 9.59 Å². The van der Waals surface area contributed by atoms with Gasteiger partial charge < -0.3 is 4.90 Å². The maximum Gasteiger partial charge on any atom is 0.294 e. The number of nitrogens with zero attached hydrogens (tertiary/aromatic N) is 3. The van der Waals surface area contributed by atoms with Crippen LogP contribution in [-0.2, 0) is 4.79 Å². The van der Waals surface area contributed by atoms with Crippen molar-refractivity contribution in [1.29, 1.82) is 0 Å². The van der Waals surface area contributed by atoms with Crippen molar-refractivity contribution < 1.29 is 9.59 Å². The van der Waals surface area contributed by atoms with Crippen LogP contribution in [0.25, 0.3) is 6.08 Å². The van der Waals surface area contributed by atoms with Crippen molar-refractivity contribution in [3.05, 3.63) is 69.6 Å². The number of carbonyl (C=O) groups excluding carboxylic acids is 2. The van der Waals surface area contributed by atoms with Gasteiger partial charge in [-0.2, -0.15) is 0 Å². The summed E-state index contributed by atoms with van der Waals surface area (Å²) >= 11 is 6.90. The predicted octanol–water partition coefficient (Wildman–Crippen LogP) is 4.46. The van der Waals surface area contributed by atoms with Gasteiger partial charge in [0.2, 0.25) is 0 Å². The first-order valence-electron chi connectivity index (χ1n) is 9.54. The molecule has 2 amide bonds. The van der Waals surface area contributed by atoms with Crippen LogP contribution in [-0.4, -0.2) is 53.8 Å².